The number of nitrogens with zero attached hydrogens (tertiary/aromatic N) is 3. The minimum atomic E-state index is -2.59. The molecule has 1 saturated carbocycles. The number of hydrogen-bond acceptors (Lipinski definition) is 3. The molecule has 1 fully saturated rings. The highest BCUT2D eigenvalue weighted by Crippen LogP contribution is 2.41. The van der Waals surface area contributed by atoms with E-state index in [1.54, 1.807) is 4.40 Å². The molecular formula is C23H22F2N4O. The molecule has 30 heavy (non-hydrogen) atoms. The number of carbonyl (C=O) groups is 1. The molecular weight excluding hydrogens is 386 g/mol. The van der Waals surface area contributed by atoms with Gasteiger partial charge in [-0.15, -0.1) is 0 Å². The maximum atomic E-state index is 12.5. The van der Waals surface area contributed by atoms with Gasteiger partial charge in [0.25, 0.3) is 12.3 Å². The first kappa shape index (κ1) is 18.9. The molecule has 1 atom stereocenters. The van der Waals surface area contributed by atoms with Crippen LogP contribution in [0.3, 0.4) is 0 Å². The maximum absolute atomic E-state index is 12.5. The summed E-state index contributed by atoms with van der Waals surface area (Å²) in [7, 11) is 0. The van der Waals surface area contributed by atoms with Gasteiger partial charge in [-0.05, 0) is 42.2 Å². The average Bonchev–Trinajstić information content (AvgIpc) is 3.25. The van der Waals surface area contributed by atoms with Crippen molar-refractivity contribution in [1.29, 1.82) is 0 Å². The Bertz CT molecular complexity index is 1160. The summed E-state index contributed by atoms with van der Waals surface area (Å²) in [6.45, 7) is 1.46. The third kappa shape index (κ3) is 3.18. The van der Waals surface area contributed by atoms with E-state index in [1.807, 2.05) is 18.3 Å². The number of rotatable bonds is 5. The molecule has 154 valence electrons. The molecule has 5 rings (SSSR count). The number of pyridine rings is 2. The summed E-state index contributed by atoms with van der Waals surface area (Å²) in [5, 5.41) is 2.24. The summed E-state index contributed by atoms with van der Waals surface area (Å²) >= 11 is 0. The minimum absolute atomic E-state index is 0.210. The Morgan fingerprint density at radius 3 is 2.83 bits per heavy atom. The molecule has 0 aromatic carbocycles. The largest absolute Gasteiger partial charge is 0.345 e. The van der Waals surface area contributed by atoms with E-state index >= 15 is 0 Å². The van der Waals surface area contributed by atoms with Gasteiger partial charge in [0.05, 0.1) is 18.4 Å². The van der Waals surface area contributed by atoms with Gasteiger partial charge in [-0.25, -0.2) is 13.8 Å². The maximum Gasteiger partial charge on any atom is 0.270 e. The lowest BCUT2D eigenvalue weighted by Crippen LogP contribution is -2.29. The van der Waals surface area contributed by atoms with E-state index in [9.17, 15) is 13.6 Å². The molecule has 3 heterocycles. The standard InChI is InChI=1S/C23H22F2N4O/c1-13-9-17(16-6-7-18(28-22(13)16)14-3-2-4-14)15-5-8-21-26-10-19(29(21)12-15)23(30)27-11-20(24)25/h5-10,12-14,20H,2-4,11H2,1H3,(H,27,30). The number of hydrogen-bond donors (Lipinski definition) is 1. The Kier molecular flexibility index (Phi) is 4.60. The number of allylic oxidation sites excluding steroid dienone is 1. The van der Waals surface area contributed by atoms with Gasteiger partial charge in [-0.1, -0.05) is 25.5 Å². The number of alkyl halides is 2. The van der Waals surface area contributed by atoms with E-state index in [1.165, 1.54) is 31.2 Å². The number of carbonyl (C=O) groups excluding carboxylic acids is 1. The molecule has 1 unspecified atom stereocenters. The SMILES string of the molecule is CC1C=C(c2ccc3ncc(C(=O)NCC(F)F)n3c2)c2ccc(C3CCC3)nc21. The van der Waals surface area contributed by atoms with Crippen molar-refractivity contribution in [3.63, 3.8) is 0 Å². The van der Waals surface area contributed by atoms with Crippen LogP contribution in [0.5, 0.6) is 0 Å². The second-order valence-corrected chi connectivity index (χ2v) is 8.06. The number of halogens is 2. The van der Waals surface area contributed by atoms with E-state index in [-0.39, 0.29) is 11.6 Å². The van der Waals surface area contributed by atoms with Crippen LogP contribution in [0.15, 0.2) is 42.7 Å². The fourth-order valence-corrected chi connectivity index (χ4v) is 4.24. The van der Waals surface area contributed by atoms with Crippen LogP contribution < -0.4 is 5.32 Å². The summed E-state index contributed by atoms with van der Waals surface area (Å²) in [6.07, 6.45) is 6.56. The Hall–Kier alpha value is -3.09. The molecule has 0 aliphatic heterocycles. The Balaban J connectivity index is 1.49. The van der Waals surface area contributed by atoms with Crippen molar-refractivity contribution in [2.24, 2.45) is 0 Å². The second-order valence-electron chi connectivity index (χ2n) is 8.06. The van der Waals surface area contributed by atoms with E-state index in [0.717, 1.165) is 22.4 Å². The molecule has 5 nitrogen and oxygen atoms in total. The van der Waals surface area contributed by atoms with Gasteiger partial charge >= 0.3 is 0 Å². The normalized spacial score (nSPS) is 18.4. The number of amides is 1. The Morgan fingerprint density at radius 1 is 1.27 bits per heavy atom. The van der Waals surface area contributed by atoms with Gasteiger partial charge in [-0.2, -0.15) is 0 Å². The van der Waals surface area contributed by atoms with Crippen molar-refractivity contribution < 1.29 is 13.6 Å². The zero-order valence-corrected chi connectivity index (χ0v) is 16.6. The second kappa shape index (κ2) is 7.31. The monoisotopic (exact) mass is 408 g/mol. The summed E-state index contributed by atoms with van der Waals surface area (Å²) in [5.41, 5.74) is 6.21. The van der Waals surface area contributed by atoms with Crippen LogP contribution >= 0.6 is 0 Å². The van der Waals surface area contributed by atoms with E-state index in [0.29, 0.717) is 11.6 Å². The topological polar surface area (TPSA) is 59.3 Å². The zero-order valence-electron chi connectivity index (χ0n) is 16.6. The predicted molar refractivity (Wildman–Crippen MR) is 110 cm³/mol. The number of fused-ring (bicyclic) bond motifs is 2. The van der Waals surface area contributed by atoms with Gasteiger partial charge in [0.15, 0.2) is 0 Å². The van der Waals surface area contributed by atoms with Gasteiger partial charge in [-0.3, -0.25) is 14.2 Å². The summed E-state index contributed by atoms with van der Waals surface area (Å²) in [6, 6.07) is 8.09. The third-order valence-electron chi connectivity index (χ3n) is 6.07. The highest BCUT2D eigenvalue weighted by atomic mass is 19.3. The van der Waals surface area contributed by atoms with Gasteiger partial charge < -0.3 is 5.32 Å². The van der Waals surface area contributed by atoms with Crippen molar-refractivity contribution in [3.05, 3.63) is 70.9 Å². The first-order valence-electron chi connectivity index (χ1n) is 10.3. The van der Waals surface area contributed by atoms with Crippen molar-refractivity contribution in [3.8, 4) is 0 Å². The van der Waals surface area contributed by atoms with Crippen molar-refractivity contribution in [2.75, 3.05) is 6.54 Å². The third-order valence-corrected chi connectivity index (χ3v) is 6.07. The Morgan fingerprint density at radius 2 is 2.10 bits per heavy atom. The molecule has 1 N–H and O–H groups in total. The van der Waals surface area contributed by atoms with Crippen LogP contribution in [-0.4, -0.2) is 33.2 Å². The molecule has 3 aromatic rings. The van der Waals surface area contributed by atoms with Crippen LogP contribution in [0.1, 0.15) is 71.0 Å². The minimum Gasteiger partial charge on any atom is -0.345 e. The van der Waals surface area contributed by atoms with Crippen molar-refractivity contribution in [2.45, 2.75) is 44.4 Å². The van der Waals surface area contributed by atoms with Gasteiger partial charge in [0.2, 0.25) is 0 Å². The first-order valence-corrected chi connectivity index (χ1v) is 10.3. The number of aromatic nitrogens is 3. The summed E-state index contributed by atoms with van der Waals surface area (Å²) in [5.74, 6) is 0.228. The van der Waals surface area contributed by atoms with Crippen LogP contribution in [0.2, 0.25) is 0 Å². The predicted octanol–water partition coefficient (Wildman–Crippen LogP) is 4.54. The fraction of sp³-hybridized carbons (Fsp3) is 0.348. The van der Waals surface area contributed by atoms with Crippen molar-refractivity contribution in [1.82, 2.24) is 19.7 Å². The quantitative estimate of drug-likeness (QED) is 0.674. The molecule has 1 amide bonds. The van der Waals surface area contributed by atoms with E-state index in [2.05, 4.69) is 35.4 Å². The smallest absolute Gasteiger partial charge is 0.270 e. The first-order chi connectivity index (χ1) is 14.5. The van der Waals surface area contributed by atoms with Gasteiger partial charge in [0, 0.05) is 29.3 Å². The average molecular weight is 408 g/mol. The molecule has 0 radical (unpaired) electrons. The van der Waals surface area contributed by atoms with Crippen LogP contribution in [0, 0.1) is 0 Å². The molecule has 0 bridgehead atoms. The van der Waals surface area contributed by atoms with Crippen LogP contribution in [0.25, 0.3) is 11.2 Å². The Labute approximate surface area is 172 Å². The van der Waals surface area contributed by atoms with Crippen LogP contribution in [0.4, 0.5) is 8.78 Å². The molecule has 2 aliphatic rings. The number of imidazole rings is 1. The lowest BCUT2D eigenvalue weighted by atomic mass is 9.82. The summed E-state index contributed by atoms with van der Waals surface area (Å²) < 4.78 is 26.5. The molecule has 0 spiro atoms. The molecule has 0 saturated heterocycles. The summed E-state index contributed by atoms with van der Waals surface area (Å²) in [4.78, 5) is 21.5. The zero-order chi connectivity index (χ0) is 20.8. The lowest BCUT2D eigenvalue weighted by molar-refractivity contribution is 0.0886. The fourth-order valence-electron chi connectivity index (χ4n) is 4.24. The molecule has 7 heteroatoms. The van der Waals surface area contributed by atoms with Crippen molar-refractivity contribution >= 4 is 17.1 Å². The van der Waals surface area contributed by atoms with E-state index < -0.39 is 18.9 Å². The molecule has 3 aromatic heterocycles. The van der Waals surface area contributed by atoms with E-state index in [4.69, 9.17) is 4.98 Å². The molecule has 2 aliphatic carbocycles. The highest BCUT2D eigenvalue weighted by Gasteiger charge is 2.27. The lowest BCUT2D eigenvalue weighted by Gasteiger charge is -2.25. The van der Waals surface area contributed by atoms with Gasteiger partial charge in [0.1, 0.15) is 11.3 Å². The highest BCUT2D eigenvalue weighted by molar-refractivity contribution is 5.93. The van der Waals surface area contributed by atoms with Crippen LogP contribution in [-0.2, 0) is 0 Å². The number of nitrogens with one attached hydrogen (secondary N) is 1.